The first-order valence-corrected chi connectivity index (χ1v) is 4.06. The second kappa shape index (κ2) is 3.20. The minimum atomic E-state index is -0.250. The molecule has 1 heteroatoms. The normalized spacial score (nSPS) is 33.1. The molecular weight excluding hydrogens is 124 g/mol. The molecule has 0 radical (unpaired) electrons. The molecule has 1 saturated carbocycles. The second-order valence-electron chi connectivity index (χ2n) is 3.41. The molecule has 0 amide bonds. The highest BCUT2D eigenvalue weighted by Gasteiger charge is 2.14. The molecular formula is C9H16O. The van der Waals surface area contributed by atoms with Crippen LogP contribution in [0.1, 0.15) is 33.1 Å². The molecule has 1 nitrogen and oxygen atoms in total. The number of hydrogen-bond acceptors (Lipinski definition) is 1. The van der Waals surface area contributed by atoms with Crippen molar-refractivity contribution in [2.45, 2.75) is 39.2 Å². The highest BCUT2D eigenvalue weighted by Crippen LogP contribution is 2.29. The Morgan fingerprint density at radius 3 is 2.80 bits per heavy atom. The van der Waals surface area contributed by atoms with E-state index in [1.165, 1.54) is 24.8 Å². The first-order valence-electron chi connectivity index (χ1n) is 4.06. The molecule has 0 aromatic carbocycles. The Morgan fingerprint density at radius 2 is 2.40 bits per heavy atom. The second-order valence-corrected chi connectivity index (χ2v) is 3.41. The van der Waals surface area contributed by atoms with E-state index in [4.69, 9.17) is 5.11 Å². The van der Waals surface area contributed by atoms with Crippen LogP contribution in [0.2, 0.25) is 0 Å². The third-order valence-electron chi connectivity index (χ3n) is 2.05. The van der Waals surface area contributed by atoms with E-state index in [0.29, 0.717) is 0 Å². The first kappa shape index (κ1) is 7.80. The number of allylic oxidation sites excluding steroid dienone is 1. The zero-order valence-corrected chi connectivity index (χ0v) is 6.80. The summed E-state index contributed by atoms with van der Waals surface area (Å²) in [4.78, 5) is 0. The third-order valence-corrected chi connectivity index (χ3v) is 2.05. The quantitative estimate of drug-likeness (QED) is 0.553. The van der Waals surface area contributed by atoms with Crippen LogP contribution < -0.4 is 0 Å². The molecule has 1 rings (SSSR count). The molecule has 0 saturated heterocycles. The Morgan fingerprint density at radius 1 is 1.70 bits per heavy atom. The van der Waals surface area contributed by atoms with Crippen molar-refractivity contribution in [3.8, 4) is 0 Å². The molecule has 0 aromatic heterocycles. The average molecular weight is 140 g/mol. The van der Waals surface area contributed by atoms with Crippen molar-refractivity contribution in [3.05, 3.63) is 11.6 Å². The predicted molar refractivity (Wildman–Crippen MR) is 42.8 cm³/mol. The van der Waals surface area contributed by atoms with Gasteiger partial charge in [0.15, 0.2) is 0 Å². The zero-order chi connectivity index (χ0) is 7.56. The monoisotopic (exact) mass is 140 g/mol. The average Bonchev–Trinajstić information content (AvgIpc) is 2.13. The van der Waals surface area contributed by atoms with Gasteiger partial charge in [0.05, 0.1) is 6.10 Å². The molecule has 1 aliphatic carbocycles. The fraction of sp³-hybridized carbons (Fsp3) is 0.778. The summed E-state index contributed by atoms with van der Waals surface area (Å²) in [5.41, 5.74) is 1.45. The van der Waals surface area contributed by atoms with Crippen LogP contribution in [-0.4, -0.2) is 11.2 Å². The van der Waals surface area contributed by atoms with E-state index in [2.05, 4.69) is 6.92 Å². The van der Waals surface area contributed by atoms with Crippen LogP contribution in [-0.2, 0) is 0 Å². The minimum Gasteiger partial charge on any atom is -0.389 e. The molecule has 0 heterocycles. The molecule has 1 fully saturated rings. The summed E-state index contributed by atoms with van der Waals surface area (Å²) >= 11 is 0. The summed E-state index contributed by atoms with van der Waals surface area (Å²) in [5.74, 6) is 0.838. The SMILES string of the molecule is CC(O)/C=C1/CCC(C)C1. The number of rotatable bonds is 1. The maximum Gasteiger partial charge on any atom is 0.0695 e. The number of hydrogen-bond donors (Lipinski definition) is 1. The Hall–Kier alpha value is -0.300. The maximum atomic E-state index is 9.02. The fourth-order valence-electron chi connectivity index (χ4n) is 1.58. The zero-order valence-electron chi connectivity index (χ0n) is 6.80. The molecule has 0 bridgehead atoms. The van der Waals surface area contributed by atoms with Crippen molar-refractivity contribution in [1.29, 1.82) is 0 Å². The molecule has 0 aliphatic heterocycles. The van der Waals surface area contributed by atoms with Gasteiger partial charge in [-0.1, -0.05) is 18.6 Å². The smallest absolute Gasteiger partial charge is 0.0695 e. The van der Waals surface area contributed by atoms with E-state index >= 15 is 0 Å². The van der Waals surface area contributed by atoms with Crippen LogP contribution in [0.5, 0.6) is 0 Å². The maximum absolute atomic E-state index is 9.02. The Labute approximate surface area is 62.8 Å². The van der Waals surface area contributed by atoms with Gasteiger partial charge in [0, 0.05) is 0 Å². The van der Waals surface area contributed by atoms with Crippen molar-refractivity contribution in [2.75, 3.05) is 0 Å². The molecule has 2 unspecified atom stereocenters. The van der Waals surface area contributed by atoms with Crippen LogP contribution in [0.25, 0.3) is 0 Å². The van der Waals surface area contributed by atoms with Gasteiger partial charge in [-0.15, -0.1) is 0 Å². The van der Waals surface area contributed by atoms with Gasteiger partial charge in [-0.25, -0.2) is 0 Å². The van der Waals surface area contributed by atoms with Gasteiger partial charge < -0.3 is 5.11 Å². The van der Waals surface area contributed by atoms with E-state index in [0.717, 1.165) is 5.92 Å². The summed E-state index contributed by atoms with van der Waals surface area (Å²) in [6, 6.07) is 0. The lowest BCUT2D eigenvalue weighted by atomic mass is 10.1. The lowest BCUT2D eigenvalue weighted by molar-refractivity contribution is 0.243. The fourth-order valence-corrected chi connectivity index (χ4v) is 1.58. The Bertz CT molecular complexity index is 136. The van der Waals surface area contributed by atoms with E-state index in [9.17, 15) is 0 Å². The standard InChI is InChI=1S/C9H16O/c1-7-3-4-9(5-7)6-8(2)10/h6-8,10H,3-5H2,1-2H3/b9-6-. The van der Waals surface area contributed by atoms with Crippen molar-refractivity contribution in [2.24, 2.45) is 5.92 Å². The predicted octanol–water partition coefficient (Wildman–Crippen LogP) is 2.11. The lowest BCUT2D eigenvalue weighted by Crippen LogP contribution is -1.94. The molecule has 58 valence electrons. The van der Waals surface area contributed by atoms with E-state index in [1.807, 2.05) is 13.0 Å². The van der Waals surface area contributed by atoms with Crippen molar-refractivity contribution >= 4 is 0 Å². The van der Waals surface area contributed by atoms with Gasteiger partial charge in [0.1, 0.15) is 0 Å². The van der Waals surface area contributed by atoms with E-state index < -0.39 is 0 Å². The highest BCUT2D eigenvalue weighted by molar-refractivity contribution is 5.09. The third kappa shape index (κ3) is 2.14. The van der Waals surface area contributed by atoms with E-state index in [1.54, 1.807) is 0 Å². The van der Waals surface area contributed by atoms with Gasteiger partial charge in [-0.2, -0.15) is 0 Å². The van der Waals surface area contributed by atoms with Crippen LogP contribution in [0, 0.1) is 5.92 Å². The van der Waals surface area contributed by atoms with Crippen LogP contribution >= 0.6 is 0 Å². The van der Waals surface area contributed by atoms with Crippen LogP contribution in [0.3, 0.4) is 0 Å². The molecule has 0 spiro atoms. The van der Waals surface area contributed by atoms with Crippen molar-refractivity contribution in [3.63, 3.8) is 0 Å². The summed E-state index contributed by atoms with van der Waals surface area (Å²) in [7, 11) is 0. The molecule has 1 N–H and O–H groups in total. The van der Waals surface area contributed by atoms with Crippen molar-refractivity contribution in [1.82, 2.24) is 0 Å². The molecule has 1 aliphatic rings. The Balaban J connectivity index is 2.43. The van der Waals surface area contributed by atoms with Crippen LogP contribution in [0.15, 0.2) is 11.6 Å². The van der Waals surface area contributed by atoms with Crippen molar-refractivity contribution < 1.29 is 5.11 Å². The van der Waals surface area contributed by atoms with Gasteiger partial charge in [-0.3, -0.25) is 0 Å². The molecule has 10 heavy (non-hydrogen) atoms. The van der Waals surface area contributed by atoms with Crippen LogP contribution in [0.4, 0.5) is 0 Å². The summed E-state index contributed by atoms with van der Waals surface area (Å²) in [5, 5.41) is 9.02. The van der Waals surface area contributed by atoms with Gasteiger partial charge in [0.2, 0.25) is 0 Å². The summed E-state index contributed by atoms with van der Waals surface area (Å²) < 4.78 is 0. The lowest BCUT2D eigenvalue weighted by Gasteiger charge is -1.98. The highest BCUT2D eigenvalue weighted by atomic mass is 16.3. The molecule has 2 atom stereocenters. The Kier molecular flexibility index (Phi) is 2.50. The first-order chi connectivity index (χ1) is 4.68. The minimum absolute atomic E-state index is 0.250. The molecule has 0 aromatic rings. The number of aliphatic hydroxyl groups excluding tert-OH is 1. The van der Waals surface area contributed by atoms with Gasteiger partial charge in [-0.05, 0) is 32.1 Å². The largest absolute Gasteiger partial charge is 0.389 e. The topological polar surface area (TPSA) is 20.2 Å². The summed E-state index contributed by atoms with van der Waals surface area (Å²) in [6.45, 7) is 4.08. The summed E-state index contributed by atoms with van der Waals surface area (Å²) in [6.07, 6.45) is 5.44. The van der Waals surface area contributed by atoms with E-state index in [-0.39, 0.29) is 6.10 Å². The van der Waals surface area contributed by atoms with Gasteiger partial charge in [0.25, 0.3) is 0 Å². The number of aliphatic hydroxyl groups is 1. The van der Waals surface area contributed by atoms with Gasteiger partial charge >= 0.3 is 0 Å².